The van der Waals surface area contributed by atoms with Crippen LogP contribution in [-0.2, 0) is 6.18 Å². The van der Waals surface area contributed by atoms with Gasteiger partial charge in [-0.1, -0.05) is 6.07 Å². The molecule has 84 valence electrons. The highest BCUT2D eigenvalue weighted by Gasteiger charge is 2.33. The summed E-state index contributed by atoms with van der Waals surface area (Å²) < 4.78 is 37.8. The van der Waals surface area contributed by atoms with Gasteiger partial charge in [0.1, 0.15) is 4.88 Å². The fourth-order valence-electron chi connectivity index (χ4n) is 1.37. The van der Waals surface area contributed by atoms with E-state index < -0.39 is 16.3 Å². The van der Waals surface area contributed by atoms with Crippen molar-refractivity contribution in [2.75, 3.05) is 0 Å². The van der Waals surface area contributed by atoms with E-state index in [0.29, 0.717) is 16.0 Å². The van der Waals surface area contributed by atoms with Crippen LogP contribution in [0.2, 0.25) is 0 Å². The first kappa shape index (κ1) is 11.4. The third-order valence-electron chi connectivity index (χ3n) is 2.05. The van der Waals surface area contributed by atoms with E-state index in [1.54, 1.807) is 0 Å². The van der Waals surface area contributed by atoms with Crippen LogP contribution in [0.4, 0.5) is 13.2 Å². The van der Waals surface area contributed by atoms with E-state index in [-0.39, 0.29) is 10.9 Å². The summed E-state index contributed by atoms with van der Waals surface area (Å²) >= 11 is 5.89. The molecular formula is C10H4ClF3OS. The molecule has 0 saturated heterocycles. The minimum absolute atomic E-state index is 0.103. The van der Waals surface area contributed by atoms with Crippen molar-refractivity contribution in [3.8, 4) is 0 Å². The van der Waals surface area contributed by atoms with Gasteiger partial charge in [-0.25, -0.2) is 0 Å². The number of hydrogen-bond acceptors (Lipinski definition) is 2. The zero-order chi connectivity index (χ0) is 11.9. The number of carbonyl (C=O) groups excluding carboxylic acids is 1. The average molecular weight is 265 g/mol. The van der Waals surface area contributed by atoms with Gasteiger partial charge in [-0.2, -0.15) is 13.2 Å². The first-order valence-corrected chi connectivity index (χ1v) is 5.38. The zero-order valence-electron chi connectivity index (χ0n) is 7.64. The largest absolute Gasteiger partial charge is 0.425 e. The molecule has 1 aromatic carbocycles. The molecule has 0 atom stereocenters. The number of carbonyl (C=O) groups is 1. The molecule has 6 heteroatoms. The Morgan fingerprint density at radius 3 is 2.56 bits per heavy atom. The van der Waals surface area contributed by atoms with Gasteiger partial charge in [0.25, 0.3) is 5.24 Å². The quantitative estimate of drug-likeness (QED) is 0.702. The Bertz CT molecular complexity index is 559. The molecule has 0 bridgehead atoms. The monoisotopic (exact) mass is 264 g/mol. The van der Waals surface area contributed by atoms with Crippen molar-refractivity contribution in [3.05, 3.63) is 34.7 Å². The first-order chi connectivity index (χ1) is 7.39. The maximum absolute atomic E-state index is 12.5. The molecule has 0 aliphatic carbocycles. The fourth-order valence-corrected chi connectivity index (χ4v) is 2.49. The van der Waals surface area contributed by atoms with E-state index in [0.717, 1.165) is 6.07 Å². The molecular weight excluding hydrogens is 261 g/mol. The molecule has 0 aliphatic rings. The van der Waals surface area contributed by atoms with Crippen molar-refractivity contribution in [1.82, 2.24) is 0 Å². The smallest absolute Gasteiger partial charge is 0.276 e. The number of fused-ring (bicyclic) bond motifs is 1. The summed E-state index contributed by atoms with van der Waals surface area (Å²) in [7, 11) is 0. The van der Waals surface area contributed by atoms with Crippen molar-refractivity contribution >= 4 is 38.3 Å². The number of halogens is 4. The minimum Gasteiger partial charge on any atom is -0.276 e. The van der Waals surface area contributed by atoms with Crippen LogP contribution in [-0.4, -0.2) is 5.24 Å². The Balaban J connectivity index is 2.71. The highest BCUT2D eigenvalue weighted by Crippen LogP contribution is 2.39. The number of alkyl halides is 3. The highest BCUT2D eigenvalue weighted by atomic mass is 35.5. The van der Waals surface area contributed by atoms with Gasteiger partial charge in [-0.3, -0.25) is 4.79 Å². The van der Waals surface area contributed by atoms with Crippen LogP contribution in [0.25, 0.3) is 10.1 Å². The predicted molar refractivity (Wildman–Crippen MR) is 57.0 cm³/mol. The Hall–Kier alpha value is -1.07. The zero-order valence-corrected chi connectivity index (χ0v) is 9.21. The van der Waals surface area contributed by atoms with Crippen LogP contribution in [0.1, 0.15) is 15.2 Å². The molecule has 1 nitrogen and oxygen atoms in total. The van der Waals surface area contributed by atoms with Crippen molar-refractivity contribution < 1.29 is 18.0 Å². The molecule has 0 N–H and O–H groups in total. The Labute approximate surface area is 97.4 Å². The van der Waals surface area contributed by atoms with Gasteiger partial charge < -0.3 is 0 Å². The van der Waals surface area contributed by atoms with Crippen LogP contribution >= 0.6 is 22.9 Å². The summed E-state index contributed by atoms with van der Waals surface area (Å²) in [5, 5.41) is -0.503. The van der Waals surface area contributed by atoms with Crippen molar-refractivity contribution in [1.29, 1.82) is 0 Å². The maximum Gasteiger partial charge on any atom is 0.425 e. The summed E-state index contributed by atoms with van der Waals surface area (Å²) in [4.78, 5) is 10.3. The fraction of sp³-hybridized carbons (Fsp3) is 0.100. The van der Waals surface area contributed by atoms with Gasteiger partial charge in [-0.05, 0) is 29.8 Å². The van der Waals surface area contributed by atoms with Crippen LogP contribution in [0.3, 0.4) is 0 Å². The van der Waals surface area contributed by atoms with Gasteiger partial charge in [0, 0.05) is 15.6 Å². The molecule has 0 saturated carbocycles. The van der Waals surface area contributed by atoms with Gasteiger partial charge >= 0.3 is 6.18 Å². The third-order valence-corrected chi connectivity index (χ3v) is 3.40. The van der Waals surface area contributed by atoms with Gasteiger partial charge in [0.2, 0.25) is 0 Å². The van der Waals surface area contributed by atoms with Crippen molar-refractivity contribution in [2.45, 2.75) is 6.18 Å². The molecule has 1 aromatic heterocycles. The second kappa shape index (κ2) is 3.75. The van der Waals surface area contributed by atoms with Crippen LogP contribution in [0, 0.1) is 0 Å². The molecule has 0 spiro atoms. The number of hydrogen-bond donors (Lipinski definition) is 0. The lowest BCUT2D eigenvalue weighted by molar-refractivity contribution is -0.134. The molecule has 16 heavy (non-hydrogen) atoms. The lowest BCUT2D eigenvalue weighted by atomic mass is 10.1. The number of benzene rings is 1. The van der Waals surface area contributed by atoms with E-state index in [2.05, 4.69) is 0 Å². The lowest BCUT2D eigenvalue weighted by Gasteiger charge is -1.99. The van der Waals surface area contributed by atoms with Gasteiger partial charge in [0.05, 0.1) is 0 Å². The number of rotatable bonds is 1. The average Bonchev–Trinajstić information content (AvgIpc) is 2.59. The van der Waals surface area contributed by atoms with Crippen LogP contribution < -0.4 is 0 Å². The minimum atomic E-state index is -4.39. The second-order valence-electron chi connectivity index (χ2n) is 3.10. The van der Waals surface area contributed by atoms with Crippen molar-refractivity contribution in [2.24, 2.45) is 0 Å². The third kappa shape index (κ3) is 1.92. The molecule has 1 heterocycles. The Morgan fingerprint density at radius 2 is 2.00 bits per heavy atom. The van der Waals surface area contributed by atoms with E-state index in [1.807, 2.05) is 0 Å². The van der Waals surface area contributed by atoms with E-state index in [4.69, 9.17) is 11.6 Å². The second-order valence-corrected chi connectivity index (χ2v) is 4.53. The maximum atomic E-state index is 12.5. The topological polar surface area (TPSA) is 17.1 Å². The normalized spacial score (nSPS) is 12.0. The van der Waals surface area contributed by atoms with Gasteiger partial charge in [-0.15, -0.1) is 11.3 Å². The van der Waals surface area contributed by atoms with Crippen LogP contribution in [0.5, 0.6) is 0 Å². The Kier molecular flexibility index (Phi) is 2.67. The van der Waals surface area contributed by atoms with E-state index >= 15 is 0 Å². The van der Waals surface area contributed by atoms with E-state index in [9.17, 15) is 18.0 Å². The summed E-state index contributed by atoms with van der Waals surface area (Å²) in [6.07, 6.45) is -4.39. The highest BCUT2D eigenvalue weighted by molar-refractivity contribution is 7.19. The van der Waals surface area contributed by atoms with Crippen LogP contribution in [0.15, 0.2) is 24.3 Å². The molecule has 2 aromatic rings. The Morgan fingerprint density at radius 1 is 1.31 bits per heavy atom. The van der Waals surface area contributed by atoms with E-state index in [1.165, 1.54) is 18.2 Å². The predicted octanol–water partition coefficient (Wildman–Crippen LogP) is 4.30. The summed E-state index contributed by atoms with van der Waals surface area (Å²) in [5.74, 6) is 0. The summed E-state index contributed by atoms with van der Waals surface area (Å²) in [6, 6.07) is 5.40. The first-order valence-electron chi connectivity index (χ1n) is 4.19. The molecule has 0 unspecified atom stereocenters. The lowest BCUT2D eigenvalue weighted by Crippen LogP contribution is -2.00. The SMILES string of the molecule is O=C(Cl)c1cccc2sc(C(F)(F)F)cc12. The molecule has 0 aliphatic heterocycles. The number of thiophene rings is 1. The molecule has 0 fully saturated rings. The molecule has 2 rings (SSSR count). The molecule has 0 amide bonds. The van der Waals surface area contributed by atoms with Crippen molar-refractivity contribution in [3.63, 3.8) is 0 Å². The summed E-state index contributed by atoms with van der Waals surface area (Å²) in [6.45, 7) is 0. The standard InChI is InChI=1S/C10H4ClF3OS/c11-9(15)5-2-1-3-7-6(5)4-8(16-7)10(12,13)14/h1-4H. The summed E-state index contributed by atoms with van der Waals surface area (Å²) in [5.41, 5.74) is 0.103. The molecule has 0 radical (unpaired) electrons. The van der Waals surface area contributed by atoms with Gasteiger partial charge in [0.15, 0.2) is 0 Å².